The summed E-state index contributed by atoms with van der Waals surface area (Å²) in [5.41, 5.74) is -0.239. The van der Waals surface area contributed by atoms with Gasteiger partial charge in [0, 0.05) is 5.41 Å². The smallest absolute Gasteiger partial charge is 0.310 e. The number of carboxylic acid groups (broad SMARTS) is 1. The lowest BCUT2D eigenvalue weighted by atomic mass is 9.33. The molecular formula is C41H66O12. The van der Waals surface area contributed by atoms with Crippen molar-refractivity contribution in [2.24, 2.45) is 50.2 Å². The van der Waals surface area contributed by atoms with E-state index in [1.165, 1.54) is 12.5 Å². The zero-order chi connectivity index (χ0) is 38.7. The van der Waals surface area contributed by atoms with Crippen molar-refractivity contribution >= 4 is 5.97 Å². The van der Waals surface area contributed by atoms with Crippen LogP contribution in [0.25, 0.3) is 0 Å². The molecule has 7 aliphatic rings. The molecule has 12 nitrogen and oxygen atoms in total. The molecule has 12 heteroatoms. The molecule has 53 heavy (non-hydrogen) atoms. The van der Waals surface area contributed by atoms with Crippen molar-refractivity contribution in [2.75, 3.05) is 13.2 Å². The number of aliphatic hydroxyl groups is 6. The lowest BCUT2D eigenvalue weighted by Crippen LogP contribution is -2.67. The minimum atomic E-state index is -1.62. The van der Waals surface area contributed by atoms with Gasteiger partial charge < -0.3 is 54.7 Å². The second kappa shape index (κ2) is 13.5. The highest BCUT2D eigenvalue weighted by Gasteiger charge is 2.70. The van der Waals surface area contributed by atoms with Gasteiger partial charge in [-0.3, -0.25) is 4.79 Å². The predicted octanol–water partition coefficient (Wildman–Crippen LogP) is 3.52. The molecule has 2 saturated heterocycles. The van der Waals surface area contributed by atoms with Gasteiger partial charge >= 0.3 is 5.97 Å². The van der Waals surface area contributed by atoms with Crippen LogP contribution in [0.15, 0.2) is 11.6 Å². The number of aliphatic hydroxyl groups excluding tert-OH is 6. The molecule has 2 heterocycles. The molecule has 0 spiro atoms. The first-order valence-corrected chi connectivity index (χ1v) is 20.2. The Kier molecular flexibility index (Phi) is 10.2. The maximum Gasteiger partial charge on any atom is 0.310 e. The number of hydrogen-bond acceptors (Lipinski definition) is 11. The molecule has 2 aliphatic heterocycles. The summed E-state index contributed by atoms with van der Waals surface area (Å²) >= 11 is 0. The summed E-state index contributed by atoms with van der Waals surface area (Å²) in [4.78, 5) is 13.0. The summed E-state index contributed by atoms with van der Waals surface area (Å²) in [6.45, 7) is 15.1. The van der Waals surface area contributed by atoms with Crippen LogP contribution in [0.1, 0.15) is 113 Å². The van der Waals surface area contributed by atoms with Crippen molar-refractivity contribution in [3.8, 4) is 0 Å². The third-order valence-electron chi connectivity index (χ3n) is 17.0. The van der Waals surface area contributed by atoms with E-state index in [2.05, 4.69) is 47.6 Å². The molecule has 0 bridgehead atoms. The summed E-state index contributed by atoms with van der Waals surface area (Å²) in [6, 6.07) is 0. The number of hydrogen-bond donors (Lipinski definition) is 7. The van der Waals surface area contributed by atoms with E-state index in [1.54, 1.807) is 0 Å². The molecule has 18 atom stereocenters. The Bertz CT molecular complexity index is 1440. The van der Waals surface area contributed by atoms with E-state index >= 15 is 0 Å². The molecule has 7 rings (SSSR count). The first-order valence-electron chi connectivity index (χ1n) is 20.2. The van der Waals surface area contributed by atoms with Crippen LogP contribution in [0.3, 0.4) is 0 Å². The molecule has 0 amide bonds. The normalized spacial score (nSPS) is 55.1. The second-order valence-corrected chi connectivity index (χ2v) is 20.0. The number of aliphatic carboxylic acids is 1. The van der Waals surface area contributed by atoms with Crippen LogP contribution in [0.5, 0.6) is 0 Å². The maximum atomic E-state index is 13.0. The minimum Gasteiger partial charge on any atom is -0.481 e. The van der Waals surface area contributed by atoms with Crippen molar-refractivity contribution in [2.45, 2.75) is 174 Å². The molecule has 0 radical (unpaired) electrons. The van der Waals surface area contributed by atoms with Crippen LogP contribution in [-0.4, -0.2) is 116 Å². The standard InChI is InChI=1S/C41H66O12/c1-21-28(44)30(46)31(47)33(51-21)53-32-29(45)24(43)19-50-34(32)52-27-11-12-37(4)25(38(27,5)20-42)10-13-40(7)26(37)9-8-22-23-18-36(2,3)14-16-41(23,35(48)49)17-15-39(22,40)6/h8,21,23-34,42-47H,9-20H2,1-7H3,(H,48,49)/t21-,23+,24-,25?,26+,27-,28-,29-,30+,31+,32+,33-,34-,37-,38?,39+,40+,41-/m1/s1. The fourth-order valence-electron chi connectivity index (χ4n) is 13.3. The lowest BCUT2D eigenvalue weighted by molar-refractivity contribution is -0.365. The number of ether oxygens (including phenoxy) is 4. The Labute approximate surface area is 314 Å². The minimum absolute atomic E-state index is 0.0360. The van der Waals surface area contributed by atoms with Gasteiger partial charge in [-0.2, -0.15) is 0 Å². The van der Waals surface area contributed by atoms with Gasteiger partial charge in [0.1, 0.15) is 36.6 Å². The second-order valence-electron chi connectivity index (χ2n) is 20.0. The highest BCUT2D eigenvalue weighted by Crippen LogP contribution is 2.76. The van der Waals surface area contributed by atoms with Gasteiger partial charge in [-0.1, -0.05) is 53.2 Å². The highest BCUT2D eigenvalue weighted by atomic mass is 16.8. The fourth-order valence-corrected chi connectivity index (χ4v) is 13.3. The highest BCUT2D eigenvalue weighted by molar-refractivity contribution is 5.76. The SMILES string of the molecule is C[C@H]1O[C@H](O[C@@H]2[C@@H](O[C@@H]3CC[C@]4(C)C(CC[C@@]5(C)[C@H]4CC=C4[C@@H]6CC(C)(C)CC[C@@]6(C(=O)O)CC[C@@]45C)C3(C)CO)OC[C@@H](O)[C@H]2O)[C@@H](O)[C@@H](O)[C@@H]1O. The molecule has 0 aromatic heterocycles. The topological polar surface area (TPSA) is 196 Å². The number of allylic oxidation sites excluding steroid dienone is 2. The van der Waals surface area contributed by atoms with Crippen LogP contribution < -0.4 is 0 Å². The predicted molar refractivity (Wildman–Crippen MR) is 192 cm³/mol. The third-order valence-corrected chi connectivity index (χ3v) is 17.0. The van der Waals surface area contributed by atoms with Gasteiger partial charge in [-0.15, -0.1) is 0 Å². The zero-order valence-corrected chi connectivity index (χ0v) is 32.7. The Morgan fingerprint density at radius 2 is 1.53 bits per heavy atom. The fraction of sp³-hybridized carbons (Fsp3) is 0.927. The largest absolute Gasteiger partial charge is 0.481 e. The monoisotopic (exact) mass is 750 g/mol. The summed E-state index contributed by atoms with van der Waals surface area (Å²) in [7, 11) is 0. The van der Waals surface area contributed by atoms with Gasteiger partial charge in [0.2, 0.25) is 0 Å². The number of fused-ring (bicyclic) bond motifs is 7. The van der Waals surface area contributed by atoms with E-state index < -0.39 is 78.2 Å². The third kappa shape index (κ3) is 5.85. The molecule has 5 aliphatic carbocycles. The van der Waals surface area contributed by atoms with Crippen molar-refractivity contribution in [1.82, 2.24) is 0 Å². The molecule has 2 unspecified atom stereocenters. The van der Waals surface area contributed by atoms with Crippen LogP contribution >= 0.6 is 0 Å². The summed E-state index contributed by atoms with van der Waals surface area (Å²) in [5, 5.41) is 74.9. The molecule has 6 fully saturated rings. The van der Waals surface area contributed by atoms with E-state index in [4.69, 9.17) is 18.9 Å². The first-order chi connectivity index (χ1) is 24.7. The van der Waals surface area contributed by atoms with Gasteiger partial charge in [-0.05, 0) is 111 Å². The van der Waals surface area contributed by atoms with Crippen molar-refractivity contribution in [1.29, 1.82) is 0 Å². The number of carboxylic acids is 1. The van der Waals surface area contributed by atoms with Gasteiger partial charge in [0.05, 0.1) is 30.8 Å². The Morgan fingerprint density at radius 3 is 2.21 bits per heavy atom. The van der Waals surface area contributed by atoms with Crippen LogP contribution in [-0.2, 0) is 23.7 Å². The van der Waals surface area contributed by atoms with Crippen LogP contribution in [0.4, 0.5) is 0 Å². The average Bonchev–Trinajstić information content (AvgIpc) is 3.10. The van der Waals surface area contributed by atoms with Gasteiger partial charge in [0.25, 0.3) is 0 Å². The van der Waals surface area contributed by atoms with E-state index in [0.717, 1.165) is 51.4 Å². The first kappa shape index (κ1) is 40.0. The number of carbonyl (C=O) groups is 1. The van der Waals surface area contributed by atoms with E-state index in [-0.39, 0.29) is 46.7 Å². The number of rotatable bonds is 6. The van der Waals surface area contributed by atoms with Crippen LogP contribution in [0, 0.1) is 50.2 Å². The van der Waals surface area contributed by atoms with E-state index in [0.29, 0.717) is 18.8 Å². The molecule has 0 aromatic carbocycles. The maximum absolute atomic E-state index is 13.0. The van der Waals surface area contributed by atoms with E-state index in [9.17, 15) is 40.5 Å². The Balaban J connectivity index is 1.15. The summed E-state index contributed by atoms with van der Waals surface area (Å²) < 4.78 is 24.3. The zero-order valence-electron chi connectivity index (χ0n) is 32.7. The quantitative estimate of drug-likeness (QED) is 0.155. The molecular weight excluding hydrogens is 684 g/mol. The van der Waals surface area contributed by atoms with Gasteiger partial charge in [0.15, 0.2) is 12.6 Å². The van der Waals surface area contributed by atoms with Crippen molar-refractivity contribution in [3.63, 3.8) is 0 Å². The average molecular weight is 751 g/mol. The molecule has 4 saturated carbocycles. The van der Waals surface area contributed by atoms with Crippen LogP contribution in [0.2, 0.25) is 0 Å². The summed E-state index contributed by atoms with van der Waals surface area (Å²) in [5.74, 6) is -0.194. The van der Waals surface area contributed by atoms with Crippen molar-refractivity contribution in [3.05, 3.63) is 11.6 Å². The summed E-state index contributed by atoms with van der Waals surface area (Å²) in [6.07, 6.45) is -1.79. The molecule has 0 aromatic rings. The molecule has 302 valence electrons. The lowest BCUT2D eigenvalue weighted by Gasteiger charge is -2.71. The van der Waals surface area contributed by atoms with Gasteiger partial charge in [-0.25, -0.2) is 0 Å². The Morgan fingerprint density at radius 1 is 0.830 bits per heavy atom. The molecule has 7 N–H and O–H groups in total. The van der Waals surface area contributed by atoms with Crippen molar-refractivity contribution < 1.29 is 59.5 Å². The Hall–Kier alpha value is -1.19. The van der Waals surface area contributed by atoms with E-state index in [1.807, 2.05) is 0 Å².